The summed E-state index contributed by atoms with van der Waals surface area (Å²) in [7, 11) is -7.39. The number of thiazole rings is 1. The largest absolute Gasteiger partial charge is 0.379 e. The highest BCUT2D eigenvalue weighted by molar-refractivity contribution is 7.89. The van der Waals surface area contributed by atoms with Gasteiger partial charge < -0.3 is 10.1 Å². The Morgan fingerprint density at radius 2 is 1.94 bits per heavy atom. The van der Waals surface area contributed by atoms with E-state index in [1.54, 1.807) is 6.07 Å². The maximum absolute atomic E-state index is 13.3. The molecule has 2 aromatic rings. The molecule has 1 saturated heterocycles. The second-order valence-corrected chi connectivity index (χ2v) is 12.5. The first-order valence-electron chi connectivity index (χ1n) is 9.96. The first-order chi connectivity index (χ1) is 14.9. The molecule has 0 saturated carbocycles. The highest BCUT2D eigenvalue weighted by Gasteiger charge is 2.31. The lowest BCUT2D eigenvalue weighted by molar-refractivity contribution is -0.0298. The summed E-state index contributed by atoms with van der Waals surface area (Å²) in [5, 5.41) is 3.42. The van der Waals surface area contributed by atoms with Crippen molar-refractivity contribution in [2.24, 2.45) is 5.92 Å². The van der Waals surface area contributed by atoms with Crippen LogP contribution in [0.3, 0.4) is 0 Å². The van der Waals surface area contributed by atoms with Gasteiger partial charge >= 0.3 is 0 Å². The number of sulfonamides is 2. The van der Waals surface area contributed by atoms with Crippen LogP contribution in [-0.2, 0) is 24.8 Å². The normalized spacial score (nSPS) is 17.5. The minimum absolute atomic E-state index is 0.0802. The molecule has 1 atom stereocenters. The van der Waals surface area contributed by atoms with E-state index in [0.29, 0.717) is 41.7 Å². The molecule has 180 valence electrons. The Kier molecular flexibility index (Phi) is 7.72. The maximum Gasteiger partial charge on any atom is 0.249 e. The number of nitrogens with zero attached hydrogens (tertiary/aromatic N) is 2. The average Bonchev–Trinajstić information content (AvgIpc) is 3.13. The molecule has 1 fully saturated rings. The van der Waals surface area contributed by atoms with E-state index in [-0.39, 0.29) is 17.2 Å². The predicted octanol–water partition coefficient (Wildman–Crippen LogP) is 1.94. The summed E-state index contributed by atoms with van der Waals surface area (Å²) in [5.74, 6) is -4.27. The molecular weight excluding hydrogens is 486 g/mol. The number of hydrogen-bond donors (Lipinski definition) is 2. The molecule has 1 unspecified atom stereocenters. The number of aromatic nitrogens is 1. The third-order valence-electron chi connectivity index (χ3n) is 5.11. The molecule has 0 spiro atoms. The number of rotatable bonds is 10. The van der Waals surface area contributed by atoms with Gasteiger partial charge in [0.05, 0.1) is 34.1 Å². The Labute approximate surface area is 190 Å². The summed E-state index contributed by atoms with van der Waals surface area (Å²) >= 11 is 1.26. The molecule has 0 radical (unpaired) electrons. The smallest absolute Gasteiger partial charge is 0.249 e. The molecule has 0 bridgehead atoms. The van der Waals surface area contributed by atoms with Crippen molar-refractivity contribution in [3.05, 3.63) is 18.2 Å². The van der Waals surface area contributed by atoms with Gasteiger partial charge in [0, 0.05) is 32.1 Å². The Morgan fingerprint density at radius 1 is 1.25 bits per heavy atom. The third kappa shape index (κ3) is 6.32. The van der Waals surface area contributed by atoms with E-state index in [0.717, 1.165) is 6.92 Å². The van der Waals surface area contributed by atoms with Gasteiger partial charge in [0.15, 0.2) is 5.13 Å². The zero-order valence-corrected chi connectivity index (χ0v) is 20.1. The number of hydrogen-bond acceptors (Lipinski definition) is 8. The predicted molar refractivity (Wildman–Crippen MR) is 119 cm³/mol. The molecule has 1 aromatic heterocycles. The van der Waals surface area contributed by atoms with E-state index in [1.165, 1.54) is 34.7 Å². The molecule has 2 N–H and O–H groups in total. The molecule has 32 heavy (non-hydrogen) atoms. The van der Waals surface area contributed by atoms with E-state index in [1.807, 2.05) is 0 Å². The molecular formula is C18H26F2N4O5S3. The second-order valence-electron chi connectivity index (χ2n) is 7.61. The summed E-state index contributed by atoms with van der Waals surface area (Å²) in [6.07, 6.45) is 0. The van der Waals surface area contributed by atoms with Gasteiger partial charge in [0.25, 0.3) is 0 Å². The Balaban J connectivity index is 1.63. The molecule has 0 amide bonds. The van der Waals surface area contributed by atoms with Gasteiger partial charge in [0.1, 0.15) is 0 Å². The van der Waals surface area contributed by atoms with Gasteiger partial charge in [-0.2, -0.15) is 4.31 Å². The molecule has 3 rings (SSSR count). The fourth-order valence-electron chi connectivity index (χ4n) is 2.89. The van der Waals surface area contributed by atoms with Gasteiger partial charge in [-0.15, -0.1) is 0 Å². The van der Waals surface area contributed by atoms with Crippen molar-refractivity contribution >= 4 is 46.7 Å². The fraction of sp³-hybridized carbons (Fsp3) is 0.611. The number of anilines is 1. The standard InChI is InChI=1S/C18H26F2N4O5S3/c1-13(18(2,19)20)12-22-32(27,28)14-3-4-16-15(11-14)23-17(30-16)21-5-10-31(25,26)24-6-8-29-9-7-24/h3-4,11,13,22H,5-10,12H2,1-2H3,(H,21,23). The molecule has 2 heterocycles. The maximum atomic E-state index is 13.3. The van der Waals surface area contributed by atoms with Crippen LogP contribution in [0.4, 0.5) is 13.9 Å². The lowest BCUT2D eigenvalue weighted by Gasteiger charge is -2.25. The van der Waals surface area contributed by atoms with Crippen molar-refractivity contribution in [2.45, 2.75) is 24.7 Å². The molecule has 1 aliphatic rings. The Hall–Kier alpha value is -1.45. The lowest BCUT2D eigenvalue weighted by Crippen LogP contribution is -2.42. The third-order valence-corrected chi connectivity index (χ3v) is 9.40. The van der Waals surface area contributed by atoms with Gasteiger partial charge in [0.2, 0.25) is 26.0 Å². The van der Waals surface area contributed by atoms with Gasteiger partial charge in [-0.3, -0.25) is 0 Å². The Morgan fingerprint density at radius 3 is 2.59 bits per heavy atom. The van der Waals surface area contributed by atoms with E-state index < -0.39 is 38.4 Å². The van der Waals surface area contributed by atoms with Crippen molar-refractivity contribution < 1.29 is 30.4 Å². The molecule has 1 aliphatic heterocycles. The quantitative estimate of drug-likeness (QED) is 0.500. The summed E-state index contributed by atoms with van der Waals surface area (Å²) in [4.78, 5) is 4.24. The number of halogens is 2. The molecule has 1 aromatic carbocycles. The topological polar surface area (TPSA) is 118 Å². The van der Waals surface area contributed by atoms with Crippen molar-refractivity contribution in [3.63, 3.8) is 0 Å². The molecule has 14 heteroatoms. The number of alkyl halides is 2. The van der Waals surface area contributed by atoms with Crippen LogP contribution >= 0.6 is 11.3 Å². The molecule has 9 nitrogen and oxygen atoms in total. The number of benzene rings is 1. The van der Waals surface area contributed by atoms with Crippen molar-refractivity contribution in [1.29, 1.82) is 0 Å². The summed E-state index contributed by atoms with van der Waals surface area (Å²) in [6.45, 7) is 3.19. The first-order valence-corrected chi connectivity index (χ1v) is 13.9. The fourth-order valence-corrected chi connectivity index (χ4v) is 6.23. The van der Waals surface area contributed by atoms with Gasteiger partial charge in [-0.25, -0.2) is 35.3 Å². The SMILES string of the molecule is CC(CNS(=O)(=O)c1ccc2sc(NCCS(=O)(=O)N3CCOCC3)nc2c1)C(C)(F)F. The number of fused-ring (bicyclic) bond motifs is 1. The van der Waals surface area contributed by atoms with Crippen LogP contribution in [0.2, 0.25) is 0 Å². The summed E-state index contributed by atoms with van der Waals surface area (Å²) in [6, 6.07) is 4.32. The molecule has 0 aliphatic carbocycles. The van der Waals surface area contributed by atoms with E-state index in [4.69, 9.17) is 4.74 Å². The van der Waals surface area contributed by atoms with Gasteiger partial charge in [-0.05, 0) is 25.1 Å². The van der Waals surface area contributed by atoms with Crippen LogP contribution in [0, 0.1) is 5.92 Å². The van der Waals surface area contributed by atoms with Crippen molar-refractivity contribution in [2.75, 3.05) is 50.5 Å². The van der Waals surface area contributed by atoms with Crippen LogP contribution in [0.25, 0.3) is 10.2 Å². The number of ether oxygens (including phenoxy) is 1. The number of nitrogens with one attached hydrogen (secondary N) is 2. The van der Waals surface area contributed by atoms with Crippen molar-refractivity contribution in [3.8, 4) is 0 Å². The van der Waals surface area contributed by atoms with Gasteiger partial charge in [-0.1, -0.05) is 18.3 Å². The monoisotopic (exact) mass is 512 g/mol. The average molecular weight is 513 g/mol. The van der Waals surface area contributed by atoms with Crippen LogP contribution in [-0.4, -0.2) is 77.2 Å². The summed E-state index contributed by atoms with van der Waals surface area (Å²) < 4.78 is 85.7. The highest BCUT2D eigenvalue weighted by atomic mass is 32.2. The zero-order chi connectivity index (χ0) is 23.6. The first kappa shape index (κ1) is 25.2. The highest BCUT2D eigenvalue weighted by Crippen LogP contribution is 2.28. The minimum Gasteiger partial charge on any atom is -0.379 e. The van der Waals surface area contributed by atoms with Crippen LogP contribution in [0.5, 0.6) is 0 Å². The zero-order valence-electron chi connectivity index (χ0n) is 17.7. The second kappa shape index (κ2) is 9.81. The van der Waals surface area contributed by atoms with E-state index in [2.05, 4.69) is 15.0 Å². The minimum atomic E-state index is -3.98. The van der Waals surface area contributed by atoms with E-state index >= 15 is 0 Å². The van der Waals surface area contributed by atoms with Crippen molar-refractivity contribution in [1.82, 2.24) is 14.0 Å². The summed E-state index contributed by atoms with van der Waals surface area (Å²) in [5.41, 5.74) is 0.408. The van der Waals surface area contributed by atoms with Crippen LogP contribution in [0.15, 0.2) is 23.1 Å². The van der Waals surface area contributed by atoms with E-state index in [9.17, 15) is 25.6 Å². The van der Waals surface area contributed by atoms with Crippen LogP contribution < -0.4 is 10.0 Å². The number of morpholine rings is 1. The Bertz CT molecular complexity index is 1140. The lowest BCUT2D eigenvalue weighted by atomic mass is 10.1. The van der Waals surface area contributed by atoms with Crippen LogP contribution in [0.1, 0.15) is 13.8 Å².